The van der Waals surface area contributed by atoms with Gasteiger partial charge in [0.2, 0.25) is 0 Å². The Hall–Kier alpha value is -6.64. The average Bonchev–Trinajstić information content (AvgIpc) is 3.72. The number of fused-ring (bicyclic) bond motifs is 6. The van der Waals surface area contributed by atoms with Crippen LogP contribution < -0.4 is 0 Å². The Morgan fingerprint density at radius 1 is 0.259 bits per heavy atom. The molecular weight excluding hydrogens is 653 g/mol. The first kappa shape index (κ1) is 32.0. The molecule has 0 bridgehead atoms. The zero-order valence-electron chi connectivity index (χ0n) is 31.1. The SMILES string of the molecule is Cc1ccc(-c2ccc(-n3c4ccccc4c4cc(-c5ccc6c(c5)c5ccccc5n6-c5ccc(-c6ccc(C)c(C)c6)cc5)ccc43)cc2)cc1C. The fourth-order valence-electron chi connectivity index (χ4n) is 8.31. The van der Waals surface area contributed by atoms with E-state index in [-0.39, 0.29) is 0 Å². The molecule has 0 atom stereocenters. The lowest BCUT2D eigenvalue weighted by Gasteiger charge is -2.11. The summed E-state index contributed by atoms with van der Waals surface area (Å²) in [4.78, 5) is 0. The van der Waals surface area contributed by atoms with Crippen LogP contribution in [0.15, 0.2) is 170 Å². The van der Waals surface area contributed by atoms with Gasteiger partial charge in [-0.25, -0.2) is 0 Å². The van der Waals surface area contributed by atoms with Gasteiger partial charge in [0.05, 0.1) is 22.1 Å². The number of hydrogen-bond donors (Lipinski definition) is 0. The molecule has 0 unspecified atom stereocenters. The van der Waals surface area contributed by atoms with Gasteiger partial charge < -0.3 is 9.13 Å². The molecular formula is C52H40N2. The third kappa shape index (κ3) is 5.17. The van der Waals surface area contributed by atoms with Gasteiger partial charge in [0.15, 0.2) is 0 Å². The van der Waals surface area contributed by atoms with Crippen LogP contribution in [0.3, 0.4) is 0 Å². The highest BCUT2D eigenvalue weighted by Gasteiger charge is 2.16. The molecule has 2 heterocycles. The maximum absolute atomic E-state index is 2.40. The van der Waals surface area contributed by atoms with Crippen LogP contribution in [0.1, 0.15) is 22.3 Å². The van der Waals surface area contributed by atoms with E-state index < -0.39 is 0 Å². The maximum Gasteiger partial charge on any atom is 0.0541 e. The summed E-state index contributed by atoms with van der Waals surface area (Å²) in [6, 6.07) is 62.9. The second-order valence-electron chi connectivity index (χ2n) is 14.9. The van der Waals surface area contributed by atoms with Crippen molar-refractivity contribution in [2.24, 2.45) is 0 Å². The van der Waals surface area contributed by atoms with Crippen molar-refractivity contribution in [1.82, 2.24) is 9.13 Å². The van der Waals surface area contributed by atoms with Crippen molar-refractivity contribution in [2.75, 3.05) is 0 Å². The fourth-order valence-corrected chi connectivity index (χ4v) is 8.31. The Kier molecular flexibility index (Phi) is 7.42. The summed E-state index contributed by atoms with van der Waals surface area (Å²) >= 11 is 0. The van der Waals surface area contributed by atoms with E-state index in [9.17, 15) is 0 Å². The molecule has 0 aliphatic carbocycles. The molecule has 0 aliphatic heterocycles. The van der Waals surface area contributed by atoms with Crippen molar-refractivity contribution in [1.29, 1.82) is 0 Å². The summed E-state index contributed by atoms with van der Waals surface area (Å²) in [6.45, 7) is 8.70. The number of nitrogens with zero attached hydrogens (tertiary/aromatic N) is 2. The quantitative estimate of drug-likeness (QED) is 0.170. The van der Waals surface area contributed by atoms with E-state index >= 15 is 0 Å². The maximum atomic E-state index is 2.40. The molecule has 0 saturated carbocycles. The Bertz CT molecular complexity index is 2850. The minimum atomic E-state index is 1.16. The summed E-state index contributed by atoms with van der Waals surface area (Å²) in [5.41, 5.74) is 19.9. The van der Waals surface area contributed by atoms with Gasteiger partial charge in [0, 0.05) is 32.9 Å². The topological polar surface area (TPSA) is 9.86 Å². The molecule has 8 aromatic carbocycles. The molecule has 2 nitrogen and oxygen atoms in total. The third-order valence-corrected chi connectivity index (χ3v) is 11.6. The van der Waals surface area contributed by atoms with Gasteiger partial charge in [-0.3, -0.25) is 0 Å². The van der Waals surface area contributed by atoms with Crippen molar-refractivity contribution in [3.63, 3.8) is 0 Å². The predicted molar refractivity (Wildman–Crippen MR) is 230 cm³/mol. The normalized spacial score (nSPS) is 11.7. The second-order valence-corrected chi connectivity index (χ2v) is 14.9. The smallest absolute Gasteiger partial charge is 0.0541 e. The number of aromatic nitrogens is 2. The van der Waals surface area contributed by atoms with Crippen LogP contribution in [-0.4, -0.2) is 9.13 Å². The first-order valence-electron chi connectivity index (χ1n) is 18.8. The molecule has 0 aliphatic rings. The van der Waals surface area contributed by atoms with Crippen molar-refractivity contribution < 1.29 is 0 Å². The largest absolute Gasteiger partial charge is 0.309 e. The zero-order valence-corrected chi connectivity index (χ0v) is 31.1. The van der Waals surface area contributed by atoms with E-state index in [1.54, 1.807) is 0 Å². The summed E-state index contributed by atoms with van der Waals surface area (Å²) in [5, 5.41) is 5.03. The molecule has 2 aromatic heterocycles. The van der Waals surface area contributed by atoms with E-state index in [0.717, 1.165) is 11.4 Å². The molecule has 258 valence electrons. The fraction of sp³-hybridized carbons (Fsp3) is 0.0769. The van der Waals surface area contributed by atoms with E-state index in [1.165, 1.54) is 99.2 Å². The third-order valence-electron chi connectivity index (χ3n) is 11.6. The van der Waals surface area contributed by atoms with Gasteiger partial charge in [-0.05, 0) is 144 Å². The summed E-state index contributed by atoms with van der Waals surface area (Å²) in [6.07, 6.45) is 0. The lowest BCUT2D eigenvalue weighted by atomic mass is 10.00. The van der Waals surface area contributed by atoms with E-state index in [0.29, 0.717) is 0 Å². The lowest BCUT2D eigenvalue weighted by Crippen LogP contribution is -1.94. The van der Waals surface area contributed by atoms with Crippen molar-refractivity contribution >= 4 is 43.6 Å². The Balaban J connectivity index is 1.05. The molecule has 0 saturated heterocycles. The summed E-state index contributed by atoms with van der Waals surface area (Å²) in [7, 11) is 0. The first-order valence-corrected chi connectivity index (χ1v) is 18.8. The Labute approximate surface area is 316 Å². The lowest BCUT2D eigenvalue weighted by molar-refractivity contribution is 1.18. The average molecular weight is 693 g/mol. The second kappa shape index (κ2) is 12.5. The number of para-hydroxylation sites is 2. The van der Waals surface area contributed by atoms with Gasteiger partial charge in [-0.2, -0.15) is 0 Å². The van der Waals surface area contributed by atoms with Crippen molar-refractivity contribution in [2.45, 2.75) is 27.7 Å². The zero-order chi connectivity index (χ0) is 36.5. The van der Waals surface area contributed by atoms with Gasteiger partial charge >= 0.3 is 0 Å². The van der Waals surface area contributed by atoms with Crippen LogP contribution in [0, 0.1) is 27.7 Å². The number of benzene rings is 8. The summed E-state index contributed by atoms with van der Waals surface area (Å²) in [5.74, 6) is 0. The number of aryl methyl sites for hydroxylation is 4. The van der Waals surface area contributed by atoms with Gasteiger partial charge in [0.1, 0.15) is 0 Å². The highest BCUT2D eigenvalue weighted by atomic mass is 15.0. The monoisotopic (exact) mass is 692 g/mol. The molecule has 2 heteroatoms. The van der Waals surface area contributed by atoms with Crippen LogP contribution in [-0.2, 0) is 0 Å². The molecule has 0 radical (unpaired) electrons. The minimum absolute atomic E-state index is 1.16. The van der Waals surface area contributed by atoms with Crippen LogP contribution in [0.4, 0.5) is 0 Å². The van der Waals surface area contributed by atoms with Crippen LogP contribution in [0.2, 0.25) is 0 Å². The van der Waals surface area contributed by atoms with Crippen molar-refractivity contribution in [3.05, 3.63) is 192 Å². The molecule has 0 amide bonds. The molecule has 0 N–H and O–H groups in total. The number of rotatable bonds is 5. The van der Waals surface area contributed by atoms with Gasteiger partial charge in [-0.1, -0.05) is 109 Å². The highest BCUT2D eigenvalue weighted by molar-refractivity contribution is 6.12. The standard InChI is InChI=1S/C52H40N2/c1-33-13-15-39(29-35(33)3)37-17-23-43(24-18-37)53-49-11-7-5-9-45(49)47-31-41(21-27-51(47)53)42-22-28-52-48(32-42)46-10-6-8-12-50(46)54(52)44-25-19-38(20-26-44)40-16-14-34(2)36(4)30-40/h5-32H,1-4H3. The van der Waals surface area contributed by atoms with Crippen LogP contribution >= 0.6 is 0 Å². The Morgan fingerprint density at radius 2 is 0.593 bits per heavy atom. The molecule has 10 rings (SSSR count). The first-order chi connectivity index (χ1) is 26.4. The molecule has 54 heavy (non-hydrogen) atoms. The number of hydrogen-bond acceptors (Lipinski definition) is 0. The van der Waals surface area contributed by atoms with Gasteiger partial charge in [-0.15, -0.1) is 0 Å². The molecule has 0 spiro atoms. The van der Waals surface area contributed by atoms with E-state index in [1.807, 2.05) is 0 Å². The summed E-state index contributed by atoms with van der Waals surface area (Å²) < 4.78 is 4.81. The van der Waals surface area contributed by atoms with Crippen LogP contribution in [0.5, 0.6) is 0 Å². The van der Waals surface area contributed by atoms with Gasteiger partial charge in [0.25, 0.3) is 0 Å². The van der Waals surface area contributed by atoms with Crippen LogP contribution in [0.25, 0.3) is 88.4 Å². The minimum Gasteiger partial charge on any atom is -0.309 e. The highest BCUT2D eigenvalue weighted by Crippen LogP contribution is 2.39. The van der Waals surface area contributed by atoms with Crippen molar-refractivity contribution in [3.8, 4) is 44.8 Å². The van der Waals surface area contributed by atoms with E-state index in [2.05, 4.69) is 207 Å². The predicted octanol–water partition coefficient (Wildman–Crippen LogP) is 14.1. The molecule has 10 aromatic rings. The van der Waals surface area contributed by atoms with E-state index in [4.69, 9.17) is 0 Å². The molecule has 0 fully saturated rings. The Morgan fingerprint density at radius 3 is 1.00 bits per heavy atom.